The van der Waals surface area contributed by atoms with Gasteiger partial charge >= 0.3 is 6.18 Å². The predicted molar refractivity (Wildman–Crippen MR) is 120 cm³/mol. The van der Waals surface area contributed by atoms with Gasteiger partial charge in [-0.3, -0.25) is 4.90 Å². The van der Waals surface area contributed by atoms with E-state index in [1.807, 2.05) is 18.2 Å². The number of benzene rings is 2. The molecule has 0 amide bonds. The molecule has 10 heteroatoms. The number of aromatic nitrogens is 2. The van der Waals surface area contributed by atoms with Crippen LogP contribution >= 0.6 is 11.6 Å². The van der Waals surface area contributed by atoms with Gasteiger partial charge in [-0.2, -0.15) is 13.2 Å². The van der Waals surface area contributed by atoms with Crippen LogP contribution in [0.25, 0.3) is 0 Å². The van der Waals surface area contributed by atoms with Crippen molar-refractivity contribution >= 4 is 34.6 Å². The van der Waals surface area contributed by atoms with E-state index in [9.17, 15) is 13.2 Å². The van der Waals surface area contributed by atoms with Crippen molar-refractivity contribution in [3.05, 3.63) is 71.0 Å². The average Bonchev–Trinajstić information content (AvgIpc) is 2.77. The molecule has 2 heterocycles. The third-order valence-electron chi connectivity index (χ3n) is 5.33. The summed E-state index contributed by atoms with van der Waals surface area (Å²) in [5.41, 5.74) is 7.07. The van der Waals surface area contributed by atoms with E-state index in [0.29, 0.717) is 5.82 Å². The second-order valence-corrected chi connectivity index (χ2v) is 7.93. The summed E-state index contributed by atoms with van der Waals surface area (Å²) in [6.45, 7) is 3.98. The fourth-order valence-corrected chi connectivity index (χ4v) is 3.79. The minimum absolute atomic E-state index is 0.0746. The van der Waals surface area contributed by atoms with Crippen molar-refractivity contribution in [2.24, 2.45) is 0 Å². The molecule has 0 atom stereocenters. The second kappa shape index (κ2) is 9.22. The van der Waals surface area contributed by atoms with Gasteiger partial charge in [0.05, 0.1) is 16.3 Å². The Morgan fingerprint density at radius 3 is 2.41 bits per heavy atom. The van der Waals surface area contributed by atoms with Crippen LogP contribution in [0, 0.1) is 0 Å². The normalized spacial score (nSPS) is 15.1. The van der Waals surface area contributed by atoms with E-state index >= 15 is 0 Å². The van der Waals surface area contributed by atoms with Crippen molar-refractivity contribution in [2.45, 2.75) is 12.7 Å². The molecule has 6 nitrogen and oxygen atoms in total. The van der Waals surface area contributed by atoms with Crippen LogP contribution in [0.3, 0.4) is 0 Å². The Kier molecular flexibility index (Phi) is 6.38. The van der Waals surface area contributed by atoms with Crippen molar-refractivity contribution in [2.75, 3.05) is 42.1 Å². The Hall–Kier alpha value is -3.04. The Balaban J connectivity index is 1.47. The summed E-state index contributed by atoms with van der Waals surface area (Å²) in [5, 5.41) is 2.96. The molecule has 0 bridgehead atoms. The molecular weight excluding hydrogens is 441 g/mol. The molecule has 1 aliphatic heterocycles. The number of hydrogen-bond donors (Lipinski definition) is 2. The van der Waals surface area contributed by atoms with Gasteiger partial charge in [-0.25, -0.2) is 9.97 Å². The van der Waals surface area contributed by atoms with Gasteiger partial charge in [-0.1, -0.05) is 41.9 Å². The third kappa shape index (κ3) is 5.05. The van der Waals surface area contributed by atoms with Gasteiger partial charge < -0.3 is 16.0 Å². The average molecular weight is 463 g/mol. The number of rotatable bonds is 5. The Morgan fingerprint density at radius 2 is 1.72 bits per heavy atom. The first-order valence-electron chi connectivity index (χ1n) is 10.1. The predicted octanol–water partition coefficient (Wildman–Crippen LogP) is 4.80. The van der Waals surface area contributed by atoms with Gasteiger partial charge in [0.15, 0.2) is 11.6 Å². The summed E-state index contributed by atoms with van der Waals surface area (Å²) in [6, 6.07) is 13.3. The molecule has 0 unspecified atom stereocenters. The lowest BCUT2D eigenvalue weighted by Gasteiger charge is -2.36. The van der Waals surface area contributed by atoms with Crippen LogP contribution in [-0.2, 0) is 12.7 Å². The van der Waals surface area contributed by atoms with Crippen molar-refractivity contribution < 1.29 is 13.2 Å². The van der Waals surface area contributed by atoms with Crippen molar-refractivity contribution in [3.63, 3.8) is 0 Å². The lowest BCUT2D eigenvalue weighted by atomic mass is 10.2. The second-order valence-electron chi connectivity index (χ2n) is 7.53. The minimum Gasteiger partial charge on any atom is -0.393 e. The van der Waals surface area contributed by atoms with E-state index in [4.69, 9.17) is 17.3 Å². The number of nitrogen functional groups attached to an aromatic ring is 1. The minimum atomic E-state index is -4.48. The maximum absolute atomic E-state index is 13.1. The van der Waals surface area contributed by atoms with Crippen molar-refractivity contribution in [1.29, 1.82) is 0 Å². The number of nitrogens with one attached hydrogen (secondary N) is 1. The molecule has 2 aromatic carbocycles. The number of hydrogen-bond acceptors (Lipinski definition) is 6. The molecular formula is C22H22ClF3N6. The van der Waals surface area contributed by atoms with E-state index in [1.54, 1.807) is 0 Å². The zero-order valence-electron chi connectivity index (χ0n) is 17.1. The Labute approximate surface area is 188 Å². The van der Waals surface area contributed by atoms with Crippen LogP contribution in [0.5, 0.6) is 0 Å². The fraction of sp³-hybridized carbons (Fsp3) is 0.273. The van der Waals surface area contributed by atoms with Crippen molar-refractivity contribution in [3.8, 4) is 0 Å². The molecule has 1 aromatic heterocycles. The summed E-state index contributed by atoms with van der Waals surface area (Å²) < 4.78 is 39.2. The molecule has 1 saturated heterocycles. The van der Waals surface area contributed by atoms with E-state index in [1.165, 1.54) is 18.0 Å². The molecule has 0 aliphatic carbocycles. The highest BCUT2D eigenvalue weighted by molar-refractivity contribution is 6.33. The van der Waals surface area contributed by atoms with E-state index in [-0.39, 0.29) is 22.2 Å². The van der Waals surface area contributed by atoms with Crippen LogP contribution in [-0.4, -0.2) is 41.0 Å². The number of piperazine rings is 1. The highest BCUT2D eigenvalue weighted by Crippen LogP contribution is 2.36. The number of nitrogens with zero attached hydrogens (tertiary/aromatic N) is 4. The first kappa shape index (κ1) is 22.2. The molecule has 3 N–H and O–H groups in total. The number of alkyl halides is 3. The van der Waals surface area contributed by atoms with Gasteiger partial charge in [-0.15, -0.1) is 0 Å². The summed E-state index contributed by atoms with van der Waals surface area (Å²) in [7, 11) is 0. The van der Waals surface area contributed by atoms with Gasteiger partial charge in [0, 0.05) is 32.7 Å². The molecule has 3 aromatic rings. The van der Waals surface area contributed by atoms with Gasteiger partial charge in [0.2, 0.25) is 0 Å². The third-order valence-corrected chi connectivity index (χ3v) is 5.66. The van der Waals surface area contributed by atoms with Gasteiger partial charge in [0.1, 0.15) is 12.0 Å². The molecule has 1 aliphatic rings. The zero-order chi connectivity index (χ0) is 22.7. The molecule has 0 saturated carbocycles. The van der Waals surface area contributed by atoms with E-state index in [0.717, 1.165) is 44.9 Å². The highest BCUT2D eigenvalue weighted by Gasteiger charge is 2.31. The summed E-state index contributed by atoms with van der Waals surface area (Å²) >= 11 is 6.09. The van der Waals surface area contributed by atoms with Crippen LogP contribution in [0.15, 0.2) is 54.9 Å². The molecule has 0 spiro atoms. The number of nitrogens with two attached hydrogens (primary N) is 1. The Morgan fingerprint density at radius 1 is 1.00 bits per heavy atom. The standard InChI is InChI=1S/C22H22ClF3N6/c23-17-7-6-16(22(24,25)26)12-18(17)30-20-19(27)21(29-14-28-20)32-10-8-31(9-11-32)13-15-4-2-1-3-5-15/h1-7,12,14H,8-11,13,27H2,(H,28,29,30). The molecule has 168 valence electrons. The van der Waals surface area contributed by atoms with Crippen molar-refractivity contribution in [1.82, 2.24) is 14.9 Å². The molecule has 1 fully saturated rings. The van der Waals surface area contributed by atoms with Crippen LogP contribution < -0.4 is 16.0 Å². The van der Waals surface area contributed by atoms with E-state index in [2.05, 4.69) is 37.2 Å². The smallest absolute Gasteiger partial charge is 0.393 e. The first-order chi connectivity index (χ1) is 15.3. The maximum atomic E-state index is 13.1. The van der Waals surface area contributed by atoms with Gasteiger partial charge in [0.25, 0.3) is 0 Å². The number of anilines is 4. The quantitative estimate of drug-likeness (QED) is 0.567. The first-order valence-corrected chi connectivity index (χ1v) is 10.4. The Bertz CT molecular complexity index is 1070. The summed E-state index contributed by atoms with van der Waals surface area (Å²) in [6.07, 6.45) is -3.14. The zero-order valence-corrected chi connectivity index (χ0v) is 17.9. The van der Waals surface area contributed by atoms with E-state index < -0.39 is 11.7 Å². The lowest BCUT2D eigenvalue weighted by molar-refractivity contribution is -0.137. The fourth-order valence-electron chi connectivity index (χ4n) is 3.62. The molecule has 0 radical (unpaired) electrons. The van der Waals surface area contributed by atoms with Gasteiger partial charge in [-0.05, 0) is 23.8 Å². The monoisotopic (exact) mass is 462 g/mol. The SMILES string of the molecule is Nc1c(Nc2cc(C(F)(F)F)ccc2Cl)ncnc1N1CCN(Cc2ccccc2)CC1. The number of halogens is 4. The molecule has 32 heavy (non-hydrogen) atoms. The molecule has 4 rings (SSSR count). The largest absolute Gasteiger partial charge is 0.416 e. The van der Waals surface area contributed by atoms with Crippen LogP contribution in [0.1, 0.15) is 11.1 Å². The summed E-state index contributed by atoms with van der Waals surface area (Å²) in [5.74, 6) is 0.757. The van der Waals surface area contributed by atoms with Crippen LogP contribution in [0.4, 0.5) is 36.2 Å². The highest BCUT2D eigenvalue weighted by atomic mass is 35.5. The summed E-state index contributed by atoms with van der Waals surface area (Å²) in [4.78, 5) is 12.8. The van der Waals surface area contributed by atoms with Crippen LogP contribution in [0.2, 0.25) is 5.02 Å². The maximum Gasteiger partial charge on any atom is 0.416 e. The topological polar surface area (TPSA) is 70.3 Å². The lowest BCUT2D eigenvalue weighted by Crippen LogP contribution is -2.46.